The zero-order valence-corrected chi connectivity index (χ0v) is 19.4. The van der Waals surface area contributed by atoms with E-state index >= 15 is 0 Å². The van der Waals surface area contributed by atoms with Crippen LogP contribution in [0.5, 0.6) is 0 Å². The number of aromatic nitrogens is 1. The van der Waals surface area contributed by atoms with Crippen molar-refractivity contribution < 1.29 is 19.1 Å². The Bertz CT molecular complexity index is 1190. The lowest BCUT2D eigenvalue weighted by Crippen LogP contribution is -2.52. The van der Waals surface area contributed by atoms with Gasteiger partial charge in [-0.2, -0.15) is 0 Å². The molecule has 0 aliphatic carbocycles. The molecule has 1 fully saturated rings. The standard InChI is InChI=1S/C26H28N4O4/c1-18(2)23-16-21(20-10-6-7-11-22(20)28-23)25(32)34-17-24(31)29-12-14-30(15-13-29)26(33)27-19-8-4-3-5-9-19/h3-11,16,18H,12-15,17H2,1-2H3,(H,27,33). The summed E-state index contributed by atoms with van der Waals surface area (Å²) >= 11 is 0. The first-order chi connectivity index (χ1) is 16.4. The number of esters is 1. The second kappa shape index (κ2) is 10.3. The smallest absolute Gasteiger partial charge is 0.339 e. The molecule has 1 saturated heterocycles. The third-order valence-electron chi connectivity index (χ3n) is 5.82. The molecule has 3 amide bonds. The van der Waals surface area contributed by atoms with E-state index < -0.39 is 5.97 Å². The van der Waals surface area contributed by atoms with Crippen LogP contribution in [0.2, 0.25) is 0 Å². The molecule has 176 valence electrons. The van der Waals surface area contributed by atoms with Gasteiger partial charge in [0, 0.05) is 42.9 Å². The van der Waals surface area contributed by atoms with Gasteiger partial charge in [0.25, 0.3) is 5.91 Å². The monoisotopic (exact) mass is 460 g/mol. The highest BCUT2D eigenvalue weighted by Crippen LogP contribution is 2.23. The summed E-state index contributed by atoms with van der Waals surface area (Å²) in [6.07, 6.45) is 0. The molecule has 0 bridgehead atoms. The number of fused-ring (bicyclic) bond motifs is 1. The van der Waals surface area contributed by atoms with Crippen molar-refractivity contribution in [1.82, 2.24) is 14.8 Å². The number of rotatable bonds is 5. The number of para-hydroxylation sites is 2. The van der Waals surface area contributed by atoms with E-state index in [0.717, 1.165) is 16.9 Å². The van der Waals surface area contributed by atoms with Gasteiger partial charge in [-0.3, -0.25) is 9.78 Å². The van der Waals surface area contributed by atoms with E-state index in [0.29, 0.717) is 37.1 Å². The molecule has 0 radical (unpaired) electrons. The lowest BCUT2D eigenvalue weighted by molar-refractivity contribution is -0.135. The number of pyridine rings is 1. The van der Waals surface area contributed by atoms with E-state index in [2.05, 4.69) is 10.3 Å². The maximum absolute atomic E-state index is 12.9. The first kappa shape index (κ1) is 23.2. The largest absolute Gasteiger partial charge is 0.452 e. The Hall–Kier alpha value is -3.94. The van der Waals surface area contributed by atoms with Gasteiger partial charge < -0.3 is 19.9 Å². The summed E-state index contributed by atoms with van der Waals surface area (Å²) < 4.78 is 5.39. The van der Waals surface area contributed by atoms with Gasteiger partial charge in [-0.25, -0.2) is 9.59 Å². The van der Waals surface area contributed by atoms with E-state index in [4.69, 9.17) is 4.74 Å². The van der Waals surface area contributed by atoms with Crippen LogP contribution in [-0.2, 0) is 9.53 Å². The van der Waals surface area contributed by atoms with Crippen molar-refractivity contribution in [2.45, 2.75) is 19.8 Å². The van der Waals surface area contributed by atoms with Gasteiger partial charge in [0.15, 0.2) is 6.61 Å². The van der Waals surface area contributed by atoms with Crippen LogP contribution in [0.15, 0.2) is 60.7 Å². The number of anilines is 1. The summed E-state index contributed by atoms with van der Waals surface area (Å²) in [5.74, 6) is -0.679. The van der Waals surface area contributed by atoms with Crippen LogP contribution in [0.3, 0.4) is 0 Å². The molecule has 1 aliphatic heterocycles. The molecule has 8 heteroatoms. The van der Waals surface area contributed by atoms with Crippen molar-refractivity contribution in [1.29, 1.82) is 0 Å². The Morgan fingerprint density at radius 1 is 0.941 bits per heavy atom. The summed E-state index contributed by atoms with van der Waals surface area (Å²) in [6, 6.07) is 18.2. The summed E-state index contributed by atoms with van der Waals surface area (Å²) in [5, 5.41) is 3.55. The lowest BCUT2D eigenvalue weighted by atomic mass is 10.0. The first-order valence-corrected chi connectivity index (χ1v) is 11.4. The molecule has 1 aromatic heterocycles. The molecule has 2 heterocycles. The summed E-state index contributed by atoms with van der Waals surface area (Å²) in [7, 11) is 0. The van der Waals surface area contributed by atoms with Gasteiger partial charge in [0.05, 0.1) is 11.1 Å². The zero-order chi connectivity index (χ0) is 24.1. The fourth-order valence-electron chi connectivity index (χ4n) is 3.84. The number of urea groups is 1. The van der Waals surface area contributed by atoms with Crippen LogP contribution in [0, 0.1) is 0 Å². The number of piperazine rings is 1. The summed E-state index contributed by atoms with van der Waals surface area (Å²) in [5.41, 5.74) is 2.64. The van der Waals surface area contributed by atoms with Crippen molar-refractivity contribution in [3.63, 3.8) is 0 Å². The van der Waals surface area contributed by atoms with Gasteiger partial charge in [-0.05, 0) is 30.2 Å². The molecule has 0 atom stereocenters. The summed E-state index contributed by atoms with van der Waals surface area (Å²) in [6.45, 7) is 5.26. The topological polar surface area (TPSA) is 91.8 Å². The minimum atomic E-state index is -0.547. The van der Waals surface area contributed by atoms with Crippen molar-refractivity contribution in [3.05, 3.63) is 71.9 Å². The van der Waals surface area contributed by atoms with Crippen LogP contribution >= 0.6 is 0 Å². The second-order valence-electron chi connectivity index (χ2n) is 8.51. The average Bonchev–Trinajstić information content (AvgIpc) is 2.87. The third-order valence-corrected chi connectivity index (χ3v) is 5.82. The molecule has 0 unspecified atom stereocenters. The predicted octanol–water partition coefficient (Wildman–Crippen LogP) is 3.89. The van der Waals surface area contributed by atoms with E-state index in [1.807, 2.05) is 68.4 Å². The Labute approximate surface area is 198 Å². The molecule has 3 aromatic rings. The number of ether oxygens (including phenoxy) is 1. The first-order valence-electron chi connectivity index (χ1n) is 11.4. The average molecular weight is 461 g/mol. The molecule has 0 spiro atoms. The number of carbonyl (C=O) groups is 3. The number of carbonyl (C=O) groups excluding carboxylic acids is 3. The summed E-state index contributed by atoms with van der Waals surface area (Å²) in [4.78, 5) is 45.8. The van der Waals surface area contributed by atoms with E-state index in [9.17, 15) is 14.4 Å². The molecule has 34 heavy (non-hydrogen) atoms. The van der Waals surface area contributed by atoms with Crippen molar-refractivity contribution in [2.75, 3.05) is 38.1 Å². The fourth-order valence-corrected chi connectivity index (χ4v) is 3.84. The molecule has 2 aromatic carbocycles. The van der Waals surface area contributed by atoms with Gasteiger partial charge in [-0.1, -0.05) is 50.2 Å². The SMILES string of the molecule is CC(C)c1cc(C(=O)OCC(=O)N2CCN(C(=O)Nc3ccccc3)CC2)c2ccccc2n1. The van der Waals surface area contributed by atoms with Crippen molar-refractivity contribution >= 4 is 34.5 Å². The highest BCUT2D eigenvalue weighted by atomic mass is 16.5. The molecule has 1 N–H and O–H groups in total. The Kier molecular flexibility index (Phi) is 7.06. The van der Waals surface area contributed by atoms with E-state index in [-0.39, 0.29) is 24.5 Å². The normalized spacial score (nSPS) is 13.7. The van der Waals surface area contributed by atoms with Crippen molar-refractivity contribution in [3.8, 4) is 0 Å². The molecule has 0 saturated carbocycles. The van der Waals surface area contributed by atoms with Crippen LogP contribution in [0.4, 0.5) is 10.5 Å². The predicted molar refractivity (Wildman–Crippen MR) is 130 cm³/mol. The Balaban J connectivity index is 1.32. The zero-order valence-electron chi connectivity index (χ0n) is 19.4. The van der Waals surface area contributed by atoms with Gasteiger partial charge >= 0.3 is 12.0 Å². The minimum absolute atomic E-state index is 0.146. The molecular formula is C26H28N4O4. The second-order valence-corrected chi connectivity index (χ2v) is 8.51. The van der Waals surface area contributed by atoms with Gasteiger partial charge in [-0.15, -0.1) is 0 Å². The number of hydrogen-bond acceptors (Lipinski definition) is 5. The van der Waals surface area contributed by atoms with Crippen LogP contribution < -0.4 is 5.32 Å². The fraction of sp³-hybridized carbons (Fsp3) is 0.308. The van der Waals surface area contributed by atoms with Crippen molar-refractivity contribution in [2.24, 2.45) is 0 Å². The molecular weight excluding hydrogens is 432 g/mol. The highest BCUT2D eigenvalue weighted by molar-refractivity contribution is 6.04. The van der Waals surface area contributed by atoms with Gasteiger partial charge in [0.1, 0.15) is 0 Å². The van der Waals surface area contributed by atoms with Gasteiger partial charge in [0.2, 0.25) is 0 Å². The Morgan fingerprint density at radius 2 is 1.59 bits per heavy atom. The number of nitrogens with one attached hydrogen (secondary N) is 1. The van der Waals surface area contributed by atoms with E-state index in [1.165, 1.54) is 0 Å². The minimum Gasteiger partial charge on any atom is -0.452 e. The number of hydrogen-bond donors (Lipinski definition) is 1. The molecule has 8 nitrogen and oxygen atoms in total. The number of amides is 3. The highest BCUT2D eigenvalue weighted by Gasteiger charge is 2.25. The third kappa shape index (κ3) is 5.33. The van der Waals surface area contributed by atoms with E-state index in [1.54, 1.807) is 15.9 Å². The number of benzene rings is 2. The maximum atomic E-state index is 12.9. The Morgan fingerprint density at radius 3 is 2.29 bits per heavy atom. The lowest BCUT2D eigenvalue weighted by Gasteiger charge is -2.34. The van der Waals surface area contributed by atoms with Crippen LogP contribution in [-0.4, -0.2) is 65.5 Å². The quantitative estimate of drug-likeness (QED) is 0.583. The number of nitrogens with zero attached hydrogens (tertiary/aromatic N) is 3. The van der Waals surface area contributed by atoms with Crippen LogP contribution in [0.25, 0.3) is 10.9 Å². The maximum Gasteiger partial charge on any atom is 0.339 e. The molecule has 4 rings (SSSR count). The molecule has 1 aliphatic rings. The van der Waals surface area contributed by atoms with Crippen LogP contribution in [0.1, 0.15) is 35.8 Å².